The second-order valence-corrected chi connectivity index (χ2v) is 6.84. The normalized spacial score (nSPS) is 13.0. The van der Waals surface area contributed by atoms with Crippen LogP contribution in [0.1, 0.15) is 23.6 Å². The maximum Gasteiger partial charge on any atom is 0.313 e. The van der Waals surface area contributed by atoms with Gasteiger partial charge in [0.05, 0.1) is 6.54 Å². The zero-order chi connectivity index (χ0) is 19.3. The largest absolute Gasteiger partial charge is 0.372 e. The molecule has 26 heavy (non-hydrogen) atoms. The molecule has 2 aromatic carbocycles. The quantitative estimate of drug-likeness (QED) is 0.786. The molecule has 0 saturated carbocycles. The van der Waals surface area contributed by atoms with E-state index in [4.69, 9.17) is 16.3 Å². The molecule has 0 aromatic heterocycles. The standard InChI is InChI=1S/C20H23ClN2O3/c1-13-8-9-17(14(2)10-13)23-19(25)18(24)22-12-20(3,26-4)15-6-5-7-16(21)11-15/h5-11H,12H2,1-4H3,(H,22,24)(H,23,25). The fourth-order valence-corrected chi connectivity index (χ4v) is 2.76. The van der Waals surface area contributed by atoms with Crippen LogP contribution in [0.2, 0.25) is 5.02 Å². The van der Waals surface area contributed by atoms with Crippen LogP contribution in [-0.4, -0.2) is 25.5 Å². The molecule has 2 rings (SSSR count). The summed E-state index contributed by atoms with van der Waals surface area (Å²) in [4.78, 5) is 24.3. The Hall–Kier alpha value is -2.37. The molecule has 2 amide bonds. The molecule has 0 bridgehead atoms. The van der Waals surface area contributed by atoms with Crippen molar-refractivity contribution < 1.29 is 14.3 Å². The molecule has 0 aliphatic carbocycles. The van der Waals surface area contributed by atoms with Gasteiger partial charge in [-0.05, 0) is 50.1 Å². The first kappa shape index (κ1) is 19.9. The van der Waals surface area contributed by atoms with Crippen LogP contribution in [0.25, 0.3) is 0 Å². The first-order valence-corrected chi connectivity index (χ1v) is 8.60. The highest BCUT2D eigenvalue weighted by atomic mass is 35.5. The molecule has 6 heteroatoms. The summed E-state index contributed by atoms with van der Waals surface area (Å²) in [7, 11) is 1.54. The minimum absolute atomic E-state index is 0.128. The van der Waals surface area contributed by atoms with E-state index >= 15 is 0 Å². The van der Waals surface area contributed by atoms with Gasteiger partial charge in [-0.2, -0.15) is 0 Å². The first-order valence-electron chi connectivity index (χ1n) is 8.23. The van der Waals surface area contributed by atoms with Crippen molar-refractivity contribution in [2.24, 2.45) is 0 Å². The average Bonchev–Trinajstić information content (AvgIpc) is 2.61. The van der Waals surface area contributed by atoms with Gasteiger partial charge in [0.25, 0.3) is 0 Å². The lowest BCUT2D eigenvalue weighted by molar-refractivity contribution is -0.137. The van der Waals surface area contributed by atoms with Gasteiger partial charge in [-0.1, -0.05) is 41.4 Å². The Kier molecular flexibility index (Phi) is 6.40. The summed E-state index contributed by atoms with van der Waals surface area (Å²) in [5.41, 5.74) is 2.59. The Labute approximate surface area is 158 Å². The number of hydrogen-bond donors (Lipinski definition) is 2. The van der Waals surface area contributed by atoms with Crippen LogP contribution in [0.4, 0.5) is 5.69 Å². The van der Waals surface area contributed by atoms with Gasteiger partial charge in [0.15, 0.2) is 0 Å². The third kappa shape index (κ3) is 4.84. The number of hydrogen-bond acceptors (Lipinski definition) is 3. The number of methoxy groups -OCH3 is 1. The third-order valence-corrected chi connectivity index (χ3v) is 4.54. The fraction of sp³-hybridized carbons (Fsp3) is 0.300. The van der Waals surface area contributed by atoms with Crippen molar-refractivity contribution in [2.75, 3.05) is 19.0 Å². The number of rotatable bonds is 5. The van der Waals surface area contributed by atoms with Crippen LogP contribution in [0.15, 0.2) is 42.5 Å². The van der Waals surface area contributed by atoms with Crippen LogP contribution in [0.5, 0.6) is 0 Å². The minimum atomic E-state index is -0.805. The van der Waals surface area contributed by atoms with Gasteiger partial charge in [0.1, 0.15) is 5.60 Å². The smallest absolute Gasteiger partial charge is 0.313 e. The summed E-state index contributed by atoms with van der Waals surface area (Å²) in [6.07, 6.45) is 0. The molecule has 0 aliphatic rings. The summed E-state index contributed by atoms with van der Waals surface area (Å²) in [5.74, 6) is -1.45. The number of amides is 2. The summed E-state index contributed by atoms with van der Waals surface area (Å²) in [6, 6.07) is 12.8. The van der Waals surface area contributed by atoms with E-state index in [1.807, 2.05) is 45.0 Å². The molecule has 138 valence electrons. The van der Waals surface area contributed by atoms with Crippen molar-refractivity contribution in [1.82, 2.24) is 5.32 Å². The Morgan fingerprint density at radius 3 is 2.46 bits per heavy atom. The Morgan fingerprint density at radius 2 is 1.85 bits per heavy atom. The first-order chi connectivity index (χ1) is 12.2. The molecular formula is C20H23ClN2O3. The second-order valence-electron chi connectivity index (χ2n) is 6.40. The molecular weight excluding hydrogens is 352 g/mol. The van der Waals surface area contributed by atoms with Gasteiger partial charge < -0.3 is 15.4 Å². The summed E-state index contributed by atoms with van der Waals surface area (Å²) in [6.45, 7) is 5.79. The third-order valence-electron chi connectivity index (χ3n) is 4.31. The monoisotopic (exact) mass is 374 g/mol. The van der Waals surface area contributed by atoms with Crippen LogP contribution in [-0.2, 0) is 19.9 Å². The van der Waals surface area contributed by atoms with Gasteiger partial charge in [0, 0.05) is 17.8 Å². The van der Waals surface area contributed by atoms with Crippen molar-refractivity contribution in [3.05, 3.63) is 64.2 Å². The summed E-state index contributed by atoms with van der Waals surface area (Å²) < 4.78 is 5.55. The predicted octanol–water partition coefficient (Wildman–Crippen LogP) is 3.57. The Bertz CT molecular complexity index is 822. The van der Waals surface area contributed by atoms with Crippen molar-refractivity contribution in [3.63, 3.8) is 0 Å². The number of aryl methyl sites for hydroxylation is 2. The maximum atomic E-state index is 12.2. The highest BCUT2D eigenvalue weighted by Gasteiger charge is 2.28. The highest BCUT2D eigenvalue weighted by Crippen LogP contribution is 2.26. The van der Waals surface area contributed by atoms with Crippen LogP contribution in [0, 0.1) is 13.8 Å². The molecule has 0 aliphatic heterocycles. The Balaban J connectivity index is 2.03. The van der Waals surface area contributed by atoms with E-state index in [9.17, 15) is 9.59 Å². The number of ether oxygens (including phenoxy) is 1. The zero-order valence-corrected chi connectivity index (χ0v) is 16.1. The lowest BCUT2D eigenvalue weighted by Gasteiger charge is -2.29. The number of halogens is 1. The van der Waals surface area contributed by atoms with E-state index in [1.54, 1.807) is 25.3 Å². The number of carbonyl (C=O) groups is 2. The van der Waals surface area contributed by atoms with E-state index in [-0.39, 0.29) is 6.54 Å². The number of carbonyl (C=O) groups excluding carboxylic acids is 2. The Morgan fingerprint density at radius 1 is 1.12 bits per heavy atom. The molecule has 0 spiro atoms. The van der Waals surface area contributed by atoms with Crippen LogP contribution >= 0.6 is 11.6 Å². The average molecular weight is 375 g/mol. The summed E-state index contributed by atoms with van der Waals surface area (Å²) in [5, 5.41) is 5.83. The van der Waals surface area contributed by atoms with E-state index in [0.717, 1.165) is 16.7 Å². The topological polar surface area (TPSA) is 67.4 Å². The van der Waals surface area contributed by atoms with E-state index in [0.29, 0.717) is 10.7 Å². The van der Waals surface area contributed by atoms with Crippen LogP contribution < -0.4 is 10.6 Å². The molecule has 2 N–H and O–H groups in total. The molecule has 1 unspecified atom stereocenters. The van der Waals surface area contributed by atoms with Crippen LogP contribution in [0.3, 0.4) is 0 Å². The minimum Gasteiger partial charge on any atom is -0.372 e. The van der Waals surface area contributed by atoms with Gasteiger partial charge >= 0.3 is 11.8 Å². The molecule has 0 heterocycles. The van der Waals surface area contributed by atoms with E-state index in [2.05, 4.69) is 10.6 Å². The summed E-state index contributed by atoms with van der Waals surface area (Å²) >= 11 is 6.03. The van der Waals surface area contributed by atoms with Crippen molar-refractivity contribution in [1.29, 1.82) is 0 Å². The predicted molar refractivity (Wildman–Crippen MR) is 103 cm³/mol. The lowest BCUT2D eigenvalue weighted by atomic mass is 9.95. The molecule has 0 fully saturated rings. The fourth-order valence-electron chi connectivity index (χ4n) is 2.57. The van der Waals surface area contributed by atoms with Gasteiger partial charge in [-0.25, -0.2) is 0 Å². The zero-order valence-electron chi connectivity index (χ0n) is 15.4. The van der Waals surface area contributed by atoms with E-state index < -0.39 is 17.4 Å². The van der Waals surface area contributed by atoms with Crippen molar-refractivity contribution in [3.8, 4) is 0 Å². The van der Waals surface area contributed by atoms with Crippen molar-refractivity contribution in [2.45, 2.75) is 26.4 Å². The SMILES string of the molecule is COC(C)(CNC(=O)C(=O)Nc1ccc(C)cc1C)c1cccc(Cl)c1. The maximum absolute atomic E-state index is 12.2. The molecule has 0 saturated heterocycles. The van der Waals surface area contributed by atoms with Gasteiger partial charge in [-0.3, -0.25) is 9.59 Å². The number of anilines is 1. The second kappa shape index (κ2) is 8.34. The number of nitrogens with one attached hydrogen (secondary N) is 2. The molecule has 2 aromatic rings. The molecule has 0 radical (unpaired) electrons. The van der Waals surface area contributed by atoms with Gasteiger partial charge in [-0.15, -0.1) is 0 Å². The molecule has 5 nitrogen and oxygen atoms in total. The van der Waals surface area contributed by atoms with Gasteiger partial charge in [0.2, 0.25) is 0 Å². The van der Waals surface area contributed by atoms with Crippen molar-refractivity contribution >= 4 is 29.1 Å². The highest BCUT2D eigenvalue weighted by molar-refractivity contribution is 6.39. The lowest BCUT2D eigenvalue weighted by Crippen LogP contribution is -2.44. The van der Waals surface area contributed by atoms with E-state index in [1.165, 1.54) is 0 Å². The number of benzene rings is 2. The molecule has 1 atom stereocenters.